The van der Waals surface area contributed by atoms with E-state index in [1.54, 1.807) is 45.3 Å². The van der Waals surface area contributed by atoms with E-state index < -0.39 is 0 Å². The Balaban J connectivity index is 1.39. The maximum atomic E-state index is 13.4. The minimum Gasteiger partial charge on any atom is -0.288 e. The monoisotopic (exact) mass is 572 g/mol. The van der Waals surface area contributed by atoms with Gasteiger partial charge in [-0.25, -0.2) is 0 Å². The van der Waals surface area contributed by atoms with Gasteiger partial charge in [-0.2, -0.15) is 0 Å². The number of terminal acetylenes is 2. The summed E-state index contributed by atoms with van der Waals surface area (Å²) in [5, 5.41) is 0. The van der Waals surface area contributed by atoms with Crippen molar-refractivity contribution in [1.82, 2.24) is 0 Å². The normalized spacial score (nSPS) is 11.9. The fraction of sp³-hybridized carbons (Fsp3) is 0.364. The number of rotatable bonds is 12. The summed E-state index contributed by atoms with van der Waals surface area (Å²) < 4.78 is 0. The molecule has 5 rings (SSSR count). The molecule has 1 nitrogen and oxygen atoms in total. The molecular weight excluding hydrogens is 541 g/mol. The first-order valence-electron chi connectivity index (χ1n) is 13.6. The van der Waals surface area contributed by atoms with Gasteiger partial charge in [-0.15, -0.1) is 58.2 Å². The Morgan fingerprint density at radius 1 is 0.605 bits per heavy atom. The fourth-order valence-electron chi connectivity index (χ4n) is 5.05. The van der Waals surface area contributed by atoms with Gasteiger partial charge in [0, 0.05) is 30.6 Å². The third kappa shape index (κ3) is 5.36. The smallest absolute Gasteiger partial charge is 0.196 e. The second kappa shape index (κ2) is 12.2. The highest BCUT2D eigenvalue weighted by molar-refractivity contribution is 7.29. The minimum absolute atomic E-state index is 0.141. The van der Waals surface area contributed by atoms with Crippen LogP contribution in [0.5, 0.6) is 0 Å². The van der Waals surface area contributed by atoms with E-state index in [1.807, 2.05) is 0 Å². The van der Waals surface area contributed by atoms with Crippen LogP contribution in [0.15, 0.2) is 24.3 Å². The Bertz CT molecular complexity index is 1420. The molecule has 0 spiro atoms. The van der Waals surface area contributed by atoms with Crippen molar-refractivity contribution >= 4 is 51.1 Å². The quantitative estimate of drug-likeness (QED) is 0.107. The number of carbonyl (C=O) groups is 1. The lowest BCUT2D eigenvalue weighted by molar-refractivity contribution is 0.104. The van der Waals surface area contributed by atoms with Crippen LogP contribution in [0.4, 0.5) is 0 Å². The lowest BCUT2D eigenvalue weighted by Crippen LogP contribution is -1.92. The molecule has 1 aliphatic carbocycles. The standard InChI is InChI=1S/C33H32OS4/c1-5-9-11-13-15-21-17-27(35-25(21)7-3)29-19-23-31(34)24-20-30(38-33(24)32(23)37-29)28-18-22(26(8-4)36-28)16-14-12-10-6-2/h3-4,17-20H,5-6,9-16H2,1-2H3. The highest BCUT2D eigenvalue weighted by Gasteiger charge is 2.33. The molecular formula is C33H32OS4. The van der Waals surface area contributed by atoms with E-state index in [9.17, 15) is 4.79 Å². The molecule has 0 atom stereocenters. The van der Waals surface area contributed by atoms with Crippen molar-refractivity contribution in [3.8, 4) is 54.0 Å². The van der Waals surface area contributed by atoms with Crippen LogP contribution < -0.4 is 0 Å². The van der Waals surface area contributed by atoms with E-state index >= 15 is 0 Å². The van der Waals surface area contributed by atoms with Gasteiger partial charge < -0.3 is 0 Å². The highest BCUT2D eigenvalue weighted by Crippen LogP contribution is 2.52. The van der Waals surface area contributed by atoms with Gasteiger partial charge in [0.2, 0.25) is 0 Å². The predicted octanol–water partition coefficient (Wildman–Crippen LogP) is 10.7. The Morgan fingerprint density at radius 2 is 1.03 bits per heavy atom. The molecule has 0 saturated heterocycles. The molecule has 0 bridgehead atoms. The second-order valence-electron chi connectivity index (χ2n) is 9.88. The summed E-state index contributed by atoms with van der Waals surface area (Å²) in [6.45, 7) is 4.47. The molecule has 0 unspecified atom stereocenters. The van der Waals surface area contributed by atoms with Crippen molar-refractivity contribution in [3.05, 3.63) is 56.3 Å². The molecule has 1 aliphatic rings. The zero-order chi connectivity index (χ0) is 26.6. The first kappa shape index (κ1) is 27.2. The summed E-state index contributed by atoms with van der Waals surface area (Å²) in [7, 11) is 0. The van der Waals surface area contributed by atoms with Crippen molar-refractivity contribution in [2.45, 2.75) is 78.1 Å². The van der Waals surface area contributed by atoms with Gasteiger partial charge >= 0.3 is 0 Å². The van der Waals surface area contributed by atoms with Crippen molar-refractivity contribution in [3.63, 3.8) is 0 Å². The van der Waals surface area contributed by atoms with Crippen molar-refractivity contribution in [2.24, 2.45) is 0 Å². The average molecular weight is 573 g/mol. The number of ketones is 1. The topological polar surface area (TPSA) is 17.1 Å². The minimum atomic E-state index is 0.141. The van der Waals surface area contributed by atoms with Crippen LogP contribution in [0.3, 0.4) is 0 Å². The summed E-state index contributed by atoms with van der Waals surface area (Å²) >= 11 is 6.82. The van der Waals surface area contributed by atoms with Crippen LogP contribution in [-0.4, -0.2) is 5.78 Å². The molecule has 4 aromatic heterocycles. The summed E-state index contributed by atoms with van der Waals surface area (Å²) in [5.41, 5.74) is 4.22. The van der Waals surface area contributed by atoms with Crippen molar-refractivity contribution in [2.75, 3.05) is 0 Å². The largest absolute Gasteiger partial charge is 0.288 e. The van der Waals surface area contributed by atoms with Gasteiger partial charge in [0.1, 0.15) is 0 Å². The SMILES string of the molecule is C#Cc1sc(-c2cc3c(s2)-c2sc(-c4cc(CCCCCC)c(C#C)s4)cc2C3=O)cc1CCCCCC. The number of aryl methyl sites for hydroxylation is 2. The Labute approximate surface area is 243 Å². The van der Waals surface area contributed by atoms with Gasteiger partial charge in [0.15, 0.2) is 5.78 Å². The summed E-state index contributed by atoms with van der Waals surface area (Å²) in [6, 6.07) is 8.68. The Kier molecular flexibility index (Phi) is 8.71. The lowest BCUT2D eigenvalue weighted by Gasteiger charge is -1.98. The molecule has 5 heteroatoms. The maximum absolute atomic E-state index is 13.4. The van der Waals surface area contributed by atoms with E-state index in [4.69, 9.17) is 12.8 Å². The van der Waals surface area contributed by atoms with E-state index in [2.05, 4.69) is 50.0 Å². The van der Waals surface area contributed by atoms with E-state index in [0.717, 1.165) is 53.2 Å². The molecule has 0 aliphatic heterocycles. The molecule has 0 N–H and O–H groups in total. The number of hydrogen-bond donors (Lipinski definition) is 0. The van der Waals surface area contributed by atoms with Gasteiger partial charge in [-0.1, -0.05) is 64.2 Å². The van der Waals surface area contributed by atoms with E-state index in [-0.39, 0.29) is 5.78 Å². The van der Waals surface area contributed by atoms with Gasteiger partial charge in [0.05, 0.1) is 19.5 Å². The van der Waals surface area contributed by atoms with Crippen molar-refractivity contribution < 1.29 is 4.79 Å². The van der Waals surface area contributed by atoms with E-state index in [0.29, 0.717) is 0 Å². The molecule has 0 amide bonds. The first-order valence-corrected chi connectivity index (χ1v) is 16.9. The fourth-order valence-corrected chi connectivity index (χ4v) is 9.70. The molecule has 0 saturated carbocycles. The number of unbranched alkanes of at least 4 members (excludes halogenated alkanes) is 6. The number of fused-ring (bicyclic) bond motifs is 3. The summed E-state index contributed by atoms with van der Waals surface area (Å²) in [6.07, 6.45) is 23.6. The van der Waals surface area contributed by atoms with Crippen LogP contribution >= 0.6 is 45.3 Å². The molecule has 0 fully saturated rings. The molecule has 194 valence electrons. The molecule has 0 aromatic carbocycles. The van der Waals surface area contributed by atoms with Crippen LogP contribution in [0.1, 0.15) is 102 Å². The third-order valence-corrected chi connectivity index (χ3v) is 12.2. The molecule has 4 aromatic rings. The average Bonchev–Trinajstić information content (AvgIpc) is 3.73. The number of carbonyl (C=O) groups excluding carboxylic acids is 1. The van der Waals surface area contributed by atoms with E-state index in [1.165, 1.54) is 72.2 Å². The summed E-state index contributed by atoms with van der Waals surface area (Å²) in [5.74, 6) is 5.94. The van der Waals surface area contributed by atoms with Crippen LogP contribution in [0, 0.1) is 24.7 Å². The van der Waals surface area contributed by atoms with Gasteiger partial charge in [-0.3, -0.25) is 4.79 Å². The zero-order valence-corrected chi connectivity index (χ0v) is 25.3. The maximum Gasteiger partial charge on any atom is 0.196 e. The Hall–Kier alpha value is -2.41. The third-order valence-electron chi connectivity index (χ3n) is 7.12. The van der Waals surface area contributed by atoms with Crippen LogP contribution in [0.2, 0.25) is 0 Å². The second-order valence-corrected chi connectivity index (χ2v) is 14.1. The lowest BCUT2D eigenvalue weighted by atomic mass is 10.1. The summed E-state index contributed by atoms with van der Waals surface area (Å²) in [4.78, 5) is 22.3. The van der Waals surface area contributed by atoms with Gasteiger partial charge in [0.25, 0.3) is 0 Å². The van der Waals surface area contributed by atoms with Crippen LogP contribution in [-0.2, 0) is 12.8 Å². The van der Waals surface area contributed by atoms with Gasteiger partial charge in [-0.05, 0) is 61.1 Å². The molecule has 0 radical (unpaired) electrons. The number of hydrogen-bond acceptors (Lipinski definition) is 5. The van der Waals surface area contributed by atoms with Crippen LogP contribution in [0.25, 0.3) is 29.3 Å². The molecule has 38 heavy (non-hydrogen) atoms. The Morgan fingerprint density at radius 3 is 1.42 bits per heavy atom. The molecule has 4 heterocycles. The van der Waals surface area contributed by atoms with Crippen molar-refractivity contribution in [1.29, 1.82) is 0 Å². The predicted molar refractivity (Wildman–Crippen MR) is 169 cm³/mol. The highest BCUT2D eigenvalue weighted by atomic mass is 32.1. The zero-order valence-electron chi connectivity index (χ0n) is 22.1. The number of thiophene rings is 4. The first-order chi connectivity index (χ1) is 18.6.